The molecule has 2 heterocycles. The van der Waals surface area contributed by atoms with Gasteiger partial charge in [-0.05, 0) is 42.5 Å². The van der Waals surface area contributed by atoms with Crippen LogP contribution in [0, 0.1) is 25.2 Å². The number of carbonyl (C=O) groups excluding carboxylic acids is 1. The second kappa shape index (κ2) is 6.52. The molecular weight excluding hydrogens is 316 g/mol. The molecule has 6 heteroatoms. The summed E-state index contributed by atoms with van der Waals surface area (Å²) in [5.41, 5.74) is 4.38. The second-order valence-corrected chi connectivity index (χ2v) is 6.38. The summed E-state index contributed by atoms with van der Waals surface area (Å²) in [5.74, 6) is -0.250. The van der Waals surface area contributed by atoms with Crippen LogP contribution in [0.25, 0.3) is 0 Å². The Kier molecular flexibility index (Phi) is 4.41. The Labute approximate surface area is 146 Å². The van der Waals surface area contributed by atoms with Crippen LogP contribution in [0.15, 0.2) is 23.0 Å². The third-order valence-corrected chi connectivity index (χ3v) is 4.86. The molecular formula is C19H20N4O2. The highest BCUT2D eigenvalue weighted by atomic mass is 16.2. The van der Waals surface area contributed by atoms with E-state index in [1.54, 1.807) is 25.8 Å². The van der Waals surface area contributed by atoms with Crippen molar-refractivity contribution in [2.45, 2.75) is 33.2 Å². The number of carbonyl (C=O) groups is 1. The van der Waals surface area contributed by atoms with Crippen molar-refractivity contribution in [2.24, 2.45) is 7.05 Å². The topological polar surface area (TPSA) is 79.0 Å². The van der Waals surface area contributed by atoms with Gasteiger partial charge in [-0.1, -0.05) is 18.2 Å². The standard InChI is InChI=1S/C19H20N4O2/c1-12-13(2)21-22(3)18(24)17(12)19(25)23-10-8-16-14(7-9-20)5-4-6-15(16)11-23/h4-6H,7-8,10-11H2,1-3H3. The summed E-state index contributed by atoms with van der Waals surface area (Å²) in [6.45, 7) is 4.56. The van der Waals surface area contributed by atoms with Crippen LogP contribution < -0.4 is 5.56 Å². The first-order chi connectivity index (χ1) is 11.9. The number of hydrogen-bond donors (Lipinski definition) is 0. The molecule has 2 aromatic rings. The average molecular weight is 336 g/mol. The van der Waals surface area contributed by atoms with Gasteiger partial charge < -0.3 is 4.90 Å². The first kappa shape index (κ1) is 16.9. The molecule has 0 unspecified atom stereocenters. The van der Waals surface area contributed by atoms with Crippen LogP contribution in [-0.2, 0) is 26.4 Å². The molecule has 0 radical (unpaired) electrons. The highest BCUT2D eigenvalue weighted by Gasteiger charge is 2.27. The molecule has 6 nitrogen and oxygen atoms in total. The zero-order valence-electron chi connectivity index (χ0n) is 14.7. The molecule has 3 rings (SSSR count). The van der Waals surface area contributed by atoms with Crippen LogP contribution >= 0.6 is 0 Å². The molecule has 0 atom stereocenters. The predicted octanol–water partition coefficient (Wildman–Crippen LogP) is 1.66. The molecule has 128 valence electrons. The minimum absolute atomic E-state index is 0.201. The lowest BCUT2D eigenvalue weighted by Gasteiger charge is -2.30. The SMILES string of the molecule is Cc1nn(C)c(=O)c(C(=O)N2CCc3c(CC#N)cccc3C2)c1C. The summed E-state index contributed by atoms with van der Waals surface area (Å²) in [5, 5.41) is 13.1. The number of benzene rings is 1. The molecule has 0 saturated carbocycles. The van der Waals surface area contributed by atoms with Crippen LogP contribution in [0.4, 0.5) is 0 Å². The fourth-order valence-corrected chi connectivity index (χ4v) is 3.37. The van der Waals surface area contributed by atoms with E-state index in [-0.39, 0.29) is 17.0 Å². The number of aromatic nitrogens is 2. The van der Waals surface area contributed by atoms with Crippen LogP contribution in [0.3, 0.4) is 0 Å². The smallest absolute Gasteiger partial charge is 0.279 e. The van der Waals surface area contributed by atoms with E-state index < -0.39 is 0 Å². The quantitative estimate of drug-likeness (QED) is 0.835. The predicted molar refractivity (Wildman–Crippen MR) is 93.2 cm³/mol. The van der Waals surface area contributed by atoms with Crippen LogP contribution in [0.2, 0.25) is 0 Å². The van der Waals surface area contributed by atoms with Gasteiger partial charge in [0.15, 0.2) is 0 Å². The van der Waals surface area contributed by atoms with Crippen molar-refractivity contribution in [3.63, 3.8) is 0 Å². The number of hydrogen-bond acceptors (Lipinski definition) is 4. The Bertz CT molecular complexity index is 953. The Morgan fingerprint density at radius 3 is 2.84 bits per heavy atom. The summed E-state index contributed by atoms with van der Waals surface area (Å²) >= 11 is 0. The Balaban J connectivity index is 1.96. The number of amides is 1. The van der Waals surface area contributed by atoms with Gasteiger partial charge in [0.2, 0.25) is 0 Å². The van der Waals surface area contributed by atoms with Gasteiger partial charge in [0, 0.05) is 20.1 Å². The maximum atomic E-state index is 13.0. The molecule has 0 spiro atoms. The molecule has 25 heavy (non-hydrogen) atoms. The van der Waals surface area contributed by atoms with E-state index in [4.69, 9.17) is 5.26 Å². The molecule has 1 aromatic heterocycles. The van der Waals surface area contributed by atoms with Crippen molar-refractivity contribution >= 4 is 5.91 Å². The summed E-state index contributed by atoms with van der Waals surface area (Å²) in [4.78, 5) is 27.1. The van der Waals surface area contributed by atoms with Crippen LogP contribution in [0.5, 0.6) is 0 Å². The average Bonchev–Trinajstić information content (AvgIpc) is 2.60. The summed E-state index contributed by atoms with van der Waals surface area (Å²) in [7, 11) is 1.56. The van der Waals surface area contributed by atoms with Crippen molar-refractivity contribution in [1.29, 1.82) is 5.26 Å². The van der Waals surface area contributed by atoms with E-state index in [1.165, 1.54) is 4.68 Å². The fraction of sp³-hybridized carbons (Fsp3) is 0.368. The maximum Gasteiger partial charge on any atom is 0.279 e. The minimum Gasteiger partial charge on any atom is -0.334 e. The third kappa shape index (κ3) is 2.93. The molecule has 0 saturated heterocycles. The van der Waals surface area contributed by atoms with Gasteiger partial charge in [0.25, 0.3) is 11.5 Å². The van der Waals surface area contributed by atoms with Crippen molar-refractivity contribution in [3.8, 4) is 6.07 Å². The van der Waals surface area contributed by atoms with E-state index in [0.29, 0.717) is 37.2 Å². The third-order valence-electron chi connectivity index (χ3n) is 4.86. The number of nitrogens with zero attached hydrogens (tertiary/aromatic N) is 4. The van der Waals surface area contributed by atoms with Crippen LogP contribution in [0.1, 0.15) is 38.3 Å². The maximum absolute atomic E-state index is 13.0. The first-order valence-electron chi connectivity index (χ1n) is 8.24. The number of nitriles is 1. The molecule has 1 aliphatic rings. The Morgan fingerprint density at radius 1 is 1.36 bits per heavy atom. The Morgan fingerprint density at radius 2 is 2.12 bits per heavy atom. The van der Waals surface area contributed by atoms with Gasteiger partial charge >= 0.3 is 0 Å². The lowest BCUT2D eigenvalue weighted by Crippen LogP contribution is -2.41. The lowest BCUT2D eigenvalue weighted by atomic mass is 9.93. The monoisotopic (exact) mass is 336 g/mol. The van der Waals surface area contributed by atoms with Gasteiger partial charge in [0.05, 0.1) is 18.2 Å². The van der Waals surface area contributed by atoms with E-state index in [9.17, 15) is 9.59 Å². The van der Waals surface area contributed by atoms with Crippen molar-refractivity contribution in [3.05, 3.63) is 62.1 Å². The van der Waals surface area contributed by atoms with E-state index in [0.717, 1.165) is 16.7 Å². The van der Waals surface area contributed by atoms with E-state index >= 15 is 0 Å². The normalized spacial score (nSPS) is 13.3. The van der Waals surface area contributed by atoms with Gasteiger partial charge in [-0.3, -0.25) is 9.59 Å². The summed E-state index contributed by atoms with van der Waals surface area (Å²) in [6, 6.07) is 8.06. The zero-order valence-corrected chi connectivity index (χ0v) is 14.7. The fourth-order valence-electron chi connectivity index (χ4n) is 3.37. The lowest BCUT2D eigenvalue weighted by molar-refractivity contribution is 0.0730. The summed E-state index contributed by atoms with van der Waals surface area (Å²) < 4.78 is 1.22. The molecule has 1 amide bonds. The van der Waals surface area contributed by atoms with E-state index in [1.807, 2.05) is 18.2 Å². The van der Waals surface area contributed by atoms with Gasteiger partial charge in [-0.2, -0.15) is 10.4 Å². The Hall–Kier alpha value is -2.94. The highest BCUT2D eigenvalue weighted by Crippen LogP contribution is 2.24. The van der Waals surface area contributed by atoms with E-state index in [2.05, 4.69) is 11.2 Å². The van der Waals surface area contributed by atoms with Crippen LogP contribution in [-0.4, -0.2) is 27.1 Å². The highest BCUT2D eigenvalue weighted by molar-refractivity contribution is 5.95. The van der Waals surface area contributed by atoms with Crippen molar-refractivity contribution < 1.29 is 4.79 Å². The molecule has 0 bridgehead atoms. The first-order valence-corrected chi connectivity index (χ1v) is 8.24. The zero-order chi connectivity index (χ0) is 18.1. The molecule has 0 fully saturated rings. The van der Waals surface area contributed by atoms with Gasteiger partial charge in [-0.15, -0.1) is 0 Å². The number of aryl methyl sites for hydroxylation is 2. The van der Waals surface area contributed by atoms with Gasteiger partial charge in [-0.25, -0.2) is 4.68 Å². The number of rotatable bonds is 2. The van der Waals surface area contributed by atoms with Crippen molar-refractivity contribution in [1.82, 2.24) is 14.7 Å². The minimum atomic E-state index is -0.364. The summed E-state index contributed by atoms with van der Waals surface area (Å²) in [6.07, 6.45) is 1.07. The number of fused-ring (bicyclic) bond motifs is 1. The molecule has 0 aliphatic carbocycles. The molecule has 1 aromatic carbocycles. The molecule has 1 aliphatic heterocycles. The second-order valence-electron chi connectivity index (χ2n) is 6.38. The van der Waals surface area contributed by atoms with Crippen molar-refractivity contribution in [2.75, 3.05) is 6.54 Å². The molecule has 0 N–H and O–H groups in total. The largest absolute Gasteiger partial charge is 0.334 e. The van der Waals surface area contributed by atoms with Gasteiger partial charge in [0.1, 0.15) is 5.56 Å².